The number of ether oxygens (including phenoxy) is 1. The van der Waals surface area contributed by atoms with Crippen LogP contribution in [0.5, 0.6) is 0 Å². The number of aromatic nitrogens is 1. The zero-order valence-electron chi connectivity index (χ0n) is 11.0. The average molecular weight is 258 g/mol. The molecule has 2 aromatic rings. The number of nitrogens with two attached hydrogens (primary N) is 1. The Balaban J connectivity index is 1.91. The highest BCUT2D eigenvalue weighted by Gasteiger charge is 2.09. The second kappa shape index (κ2) is 6.20. The van der Waals surface area contributed by atoms with Crippen LogP contribution in [0.3, 0.4) is 0 Å². The molecule has 0 aliphatic carbocycles. The van der Waals surface area contributed by atoms with Gasteiger partial charge in [-0.05, 0) is 18.6 Å². The molecule has 0 radical (unpaired) electrons. The Hall–Kier alpha value is -2.07. The van der Waals surface area contributed by atoms with Crippen LogP contribution in [-0.2, 0) is 17.9 Å². The molecule has 1 heterocycles. The number of rotatable bonds is 5. The molecule has 2 rings (SSSR count). The summed E-state index contributed by atoms with van der Waals surface area (Å²) in [7, 11) is 0. The maximum absolute atomic E-state index is 11.9. The third-order valence-corrected chi connectivity index (χ3v) is 2.70. The van der Waals surface area contributed by atoms with Crippen LogP contribution in [0.1, 0.15) is 22.8 Å². The summed E-state index contributed by atoms with van der Waals surface area (Å²) in [4.78, 5) is 11.9. The van der Waals surface area contributed by atoms with E-state index >= 15 is 0 Å². The molecule has 0 saturated carbocycles. The van der Waals surface area contributed by atoms with Crippen LogP contribution < -0.4 is 5.73 Å². The second-order valence-electron chi connectivity index (χ2n) is 4.64. The van der Waals surface area contributed by atoms with Crippen LogP contribution in [0.4, 0.5) is 0 Å². The van der Waals surface area contributed by atoms with Gasteiger partial charge in [-0.3, -0.25) is 0 Å². The Bertz CT molecular complexity index is 532. The lowest BCUT2D eigenvalue weighted by atomic mass is 10.2. The zero-order chi connectivity index (χ0) is 13.7. The minimum atomic E-state index is -0.313. The van der Waals surface area contributed by atoms with Crippen LogP contribution >= 0.6 is 0 Å². The van der Waals surface area contributed by atoms with Crippen molar-refractivity contribution in [3.63, 3.8) is 0 Å². The maximum atomic E-state index is 11.9. The summed E-state index contributed by atoms with van der Waals surface area (Å²) >= 11 is 0. The molecule has 0 spiro atoms. The highest BCUT2D eigenvalue weighted by molar-refractivity contribution is 5.89. The number of nitrogens with zero attached hydrogens (tertiary/aromatic N) is 1. The standard InChI is InChI=1S/C15H18N2O2/c1-12(16)9-17-8-7-14(10-17)15(18)19-11-13-5-3-2-4-6-13/h2-8,10,12H,9,11,16H2,1H3/t12-/m0/s1. The summed E-state index contributed by atoms with van der Waals surface area (Å²) in [5, 5.41) is 0. The summed E-state index contributed by atoms with van der Waals surface area (Å²) in [6.45, 7) is 2.90. The quantitative estimate of drug-likeness (QED) is 0.836. The van der Waals surface area contributed by atoms with Crippen molar-refractivity contribution < 1.29 is 9.53 Å². The van der Waals surface area contributed by atoms with Crippen LogP contribution in [0.2, 0.25) is 0 Å². The molecule has 0 fully saturated rings. The number of hydrogen-bond donors (Lipinski definition) is 1. The van der Waals surface area contributed by atoms with E-state index in [1.807, 2.05) is 48.0 Å². The van der Waals surface area contributed by atoms with E-state index in [1.54, 1.807) is 12.3 Å². The number of benzene rings is 1. The lowest BCUT2D eigenvalue weighted by Gasteiger charge is -2.06. The van der Waals surface area contributed by atoms with Crippen molar-refractivity contribution in [2.45, 2.75) is 26.1 Å². The molecule has 0 saturated heterocycles. The van der Waals surface area contributed by atoms with Crippen molar-refractivity contribution in [3.8, 4) is 0 Å². The van der Waals surface area contributed by atoms with Crippen molar-refractivity contribution in [2.24, 2.45) is 5.73 Å². The topological polar surface area (TPSA) is 57.2 Å². The lowest BCUT2D eigenvalue weighted by molar-refractivity contribution is 0.0472. The summed E-state index contributed by atoms with van der Waals surface area (Å²) in [6, 6.07) is 11.4. The maximum Gasteiger partial charge on any atom is 0.340 e. The van der Waals surface area contributed by atoms with Gasteiger partial charge in [-0.2, -0.15) is 0 Å². The van der Waals surface area contributed by atoms with Gasteiger partial charge in [0.2, 0.25) is 0 Å². The predicted octanol–water partition coefficient (Wildman–Crippen LogP) is 2.19. The largest absolute Gasteiger partial charge is 0.457 e. The fraction of sp³-hybridized carbons (Fsp3) is 0.267. The van der Waals surface area contributed by atoms with E-state index in [-0.39, 0.29) is 18.6 Å². The predicted molar refractivity (Wildman–Crippen MR) is 73.6 cm³/mol. The molecular formula is C15H18N2O2. The van der Waals surface area contributed by atoms with Crippen LogP contribution in [-0.4, -0.2) is 16.6 Å². The molecule has 0 amide bonds. The first-order valence-electron chi connectivity index (χ1n) is 6.27. The average Bonchev–Trinajstić information content (AvgIpc) is 2.85. The molecular weight excluding hydrogens is 240 g/mol. The van der Waals surface area contributed by atoms with Crippen molar-refractivity contribution in [1.82, 2.24) is 4.57 Å². The molecule has 1 aromatic heterocycles. The molecule has 1 atom stereocenters. The SMILES string of the molecule is C[C@H](N)Cn1ccc(C(=O)OCc2ccccc2)c1. The minimum Gasteiger partial charge on any atom is -0.457 e. The van der Waals surface area contributed by atoms with E-state index in [0.29, 0.717) is 12.1 Å². The van der Waals surface area contributed by atoms with Gasteiger partial charge < -0.3 is 15.0 Å². The summed E-state index contributed by atoms with van der Waals surface area (Å²) in [5.74, 6) is -0.313. The van der Waals surface area contributed by atoms with Gasteiger partial charge in [-0.25, -0.2) is 4.79 Å². The third kappa shape index (κ3) is 3.96. The van der Waals surface area contributed by atoms with Gasteiger partial charge >= 0.3 is 5.97 Å². The van der Waals surface area contributed by atoms with Gasteiger partial charge in [0.05, 0.1) is 5.56 Å². The van der Waals surface area contributed by atoms with Gasteiger partial charge in [0.15, 0.2) is 0 Å². The molecule has 0 bridgehead atoms. The molecule has 1 aromatic carbocycles. The van der Waals surface area contributed by atoms with Crippen molar-refractivity contribution in [2.75, 3.05) is 0 Å². The molecule has 4 nitrogen and oxygen atoms in total. The number of esters is 1. The Kier molecular flexibility index (Phi) is 4.36. The normalized spacial score (nSPS) is 12.1. The molecule has 0 aliphatic heterocycles. The van der Waals surface area contributed by atoms with Gasteiger partial charge in [-0.15, -0.1) is 0 Å². The number of hydrogen-bond acceptors (Lipinski definition) is 3. The minimum absolute atomic E-state index is 0.0561. The smallest absolute Gasteiger partial charge is 0.340 e. The van der Waals surface area contributed by atoms with Gasteiger partial charge in [0.25, 0.3) is 0 Å². The first-order chi connectivity index (χ1) is 9.15. The molecule has 4 heteroatoms. The summed E-state index contributed by atoms with van der Waals surface area (Å²) in [5.41, 5.74) is 7.24. The van der Waals surface area contributed by atoms with E-state index in [9.17, 15) is 4.79 Å². The van der Waals surface area contributed by atoms with Crippen molar-refractivity contribution in [3.05, 3.63) is 59.9 Å². The fourth-order valence-corrected chi connectivity index (χ4v) is 1.81. The highest BCUT2D eigenvalue weighted by Crippen LogP contribution is 2.07. The van der Waals surface area contributed by atoms with E-state index in [4.69, 9.17) is 10.5 Å². The Labute approximate surface area is 112 Å². The molecule has 100 valence electrons. The molecule has 0 unspecified atom stereocenters. The van der Waals surface area contributed by atoms with Crippen LogP contribution in [0, 0.1) is 0 Å². The highest BCUT2D eigenvalue weighted by atomic mass is 16.5. The Morgan fingerprint density at radius 1 is 1.32 bits per heavy atom. The summed E-state index contributed by atoms with van der Waals surface area (Å²) < 4.78 is 7.14. The molecule has 0 aliphatic rings. The lowest BCUT2D eigenvalue weighted by Crippen LogP contribution is -2.21. The van der Waals surface area contributed by atoms with Crippen molar-refractivity contribution in [1.29, 1.82) is 0 Å². The Morgan fingerprint density at radius 2 is 2.05 bits per heavy atom. The van der Waals surface area contributed by atoms with E-state index in [2.05, 4.69) is 0 Å². The Morgan fingerprint density at radius 3 is 2.74 bits per heavy atom. The summed E-state index contributed by atoms with van der Waals surface area (Å²) in [6.07, 6.45) is 3.60. The van der Waals surface area contributed by atoms with Gasteiger partial charge in [0.1, 0.15) is 6.61 Å². The van der Waals surface area contributed by atoms with Gasteiger partial charge in [-0.1, -0.05) is 30.3 Å². The fourth-order valence-electron chi connectivity index (χ4n) is 1.81. The third-order valence-electron chi connectivity index (χ3n) is 2.70. The van der Waals surface area contributed by atoms with Crippen LogP contribution in [0.15, 0.2) is 48.8 Å². The van der Waals surface area contributed by atoms with E-state index in [1.165, 1.54) is 0 Å². The number of carbonyl (C=O) groups is 1. The van der Waals surface area contributed by atoms with Crippen LogP contribution in [0.25, 0.3) is 0 Å². The van der Waals surface area contributed by atoms with Gasteiger partial charge in [0, 0.05) is 25.0 Å². The molecule has 2 N–H and O–H groups in total. The van der Waals surface area contributed by atoms with E-state index in [0.717, 1.165) is 5.56 Å². The number of carbonyl (C=O) groups excluding carboxylic acids is 1. The first-order valence-corrected chi connectivity index (χ1v) is 6.27. The van der Waals surface area contributed by atoms with E-state index < -0.39 is 0 Å². The monoisotopic (exact) mass is 258 g/mol. The zero-order valence-corrected chi connectivity index (χ0v) is 11.0. The molecule has 19 heavy (non-hydrogen) atoms. The second-order valence-corrected chi connectivity index (χ2v) is 4.64. The first kappa shape index (κ1) is 13.4. The van der Waals surface area contributed by atoms with Crippen molar-refractivity contribution >= 4 is 5.97 Å².